The number of hydrogen-bond donors (Lipinski definition) is 0. The lowest BCUT2D eigenvalue weighted by Crippen LogP contribution is -2.23. The van der Waals surface area contributed by atoms with E-state index in [9.17, 15) is 4.79 Å². The summed E-state index contributed by atoms with van der Waals surface area (Å²) in [6, 6.07) is 13.4. The van der Waals surface area contributed by atoms with Crippen molar-refractivity contribution in [2.75, 3.05) is 6.54 Å². The van der Waals surface area contributed by atoms with Gasteiger partial charge in [-0.25, -0.2) is 0 Å². The largest absolute Gasteiger partial charge is 0.456 e. The summed E-state index contributed by atoms with van der Waals surface area (Å²) in [5, 5.41) is 0. The minimum Gasteiger partial charge on any atom is -0.456 e. The maximum Gasteiger partial charge on any atom is 0.185 e. The maximum atomic E-state index is 11.9. The zero-order valence-electron chi connectivity index (χ0n) is 9.51. The Kier molecular flexibility index (Phi) is 1.75. The van der Waals surface area contributed by atoms with E-state index in [1.165, 1.54) is 0 Å². The molecule has 0 atom stereocenters. The van der Waals surface area contributed by atoms with E-state index >= 15 is 0 Å². The number of carbonyl (C=O) groups excluding carboxylic acids is 1. The van der Waals surface area contributed by atoms with Gasteiger partial charge in [0.05, 0.1) is 11.3 Å². The van der Waals surface area contributed by atoms with Gasteiger partial charge in [-0.1, -0.05) is 24.3 Å². The number of fused-ring (bicyclic) bond motifs is 2. The molecule has 0 N–H and O–H groups in total. The molecule has 3 heteroatoms. The van der Waals surface area contributed by atoms with E-state index in [4.69, 9.17) is 4.74 Å². The van der Waals surface area contributed by atoms with Gasteiger partial charge >= 0.3 is 0 Å². The number of aliphatic imine (C=N–C) groups is 1. The van der Waals surface area contributed by atoms with Crippen LogP contribution in [0, 0.1) is 0 Å². The van der Waals surface area contributed by atoms with Crippen LogP contribution in [0.5, 0.6) is 11.5 Å². The van der Waals surface area contributed by atoms with E-state index in [-0.39, 0.29) is 12.3 Å². The Morgan fingerprint density at radius 3 is 2.67 bits per heavy atom. The highest BCUT2D eigenvalue weighted by Gasteiger charge is 2.30. The standard InChI is InChI=1S/C15H9NO2/c17-11-8-16-15-10-4-1-2-6-12(10)18-13-7-3-5-9(11)14(13)15/h1-7H,8H2. The molecular weight excluding hydrogens is 226 g/mol. The monoisotopic (exact) mass is 235 g/mol. The van der Waals surface area contributed by atoms with Crippen LogP contribution >= 0.6 is 0 Å². The molecule has 2 aliphatic rings. The molecule has 0 fully saturated rings. The molecule has 0 spiro atoms. The second-order valence-corrected chi connectivity index (χ2v) is 4.36. The summed E-state index contributed by atoms with van der Waals surface area (Å²) in [6.45, 7) is 0.222. The van der Waals surface area contributed by atoms with Crippen LogP contribution in [0.2, 0.25) is 0 Å². The number of carbonyl (C=O) groups is 1. The summed E-state index contributed by atoms with van der Waals surface area (Å²) in [5.41, 5.74) is 3.39. The van der Waals surface area contributed by atoms with Crippen LogP contribution < -0.4 is 4.74 Å². The third-order valence-electron chi connectivity index (χ3n) is 3.31. The van der Waals surface area contributed by atoms with E-state index in [2.05, 4.69) is 4.99 Å². The van der Waals surface area contributed by atoms with Crippen molar-refractivity contribution in [3.8, 4) is 11.5 Å². The number of para-hydroxylation sites is 1. The maximum absolute atomic E-state index is 11.9. The highest BCUT2D eigenvalue weighted by Crippen LogP contribution is 2.39. The molecule has 4 rings (SSSR count). The minimum absolute atomic E-state index is 0.0542. The van der Waals surface area contributed by atoms with Gasteiger partial charge in [-0.15, -0.1) is 0 Å². The van der Waals surface area contributed by atoms with Crippen molar-refractivity contribution in [1.29, 1.82) is 0 Å². The molecule has 18 heavy (non-hydrogen) atoms. The number of nitrogens with zero attached hydrogens (tertiary/aromatic N) is 1. The minimum atomic E-state index is 0.0542. The van der Waals surface area contributed by atoms with Gasteiger partial charge in [0.2, 0.25) is 0 Å². The topological polar surface area (TPSA) is 38.7 Å². The molecule has 0 radical (unpaired) electrons. The van der Waals surface area contributed by atoms with E-state index in [0.29, 0.717) is 5.56 Å². The van der Waals surface area contributed by atoms with Crippen LogP contribution in [-0.2, 0) is 0 Å². The first-order valence-electron chi connectivity index (χ1n) is 5.83. The van der Waals surface area contributed by atoms with Gasteiger partial charge in [-0.2, -0.15) is 0 Å². The predicted molar refractivity (Wildman–Crippen MR) is 67.8 cm³/mol. The highest BCUT2D eigenvalue weighted by molar-refractivity contribution is 6.24. The Morgan fingerprint density at radius 1 is 0.944 bits per heavy atom. The third-order valence-corrected chi connectivity index (χ3v) is 3.31. The third kappa shape index (κ3) is 1.13. The zero-order valence-corrected chi connectivity index (χ0v) is 9.51. The number of ether oxygens (including phenoxy) is 1. The number of rotatable bonds is 0. The van der Waals surface area contributed by atoms with Crippen molar-refractivity contribution in [1.82, 2.24) is 0 Å². The molecule has 2 aromatic rings. The summed E-state index contributed by atoms with van der Waals surface area (Å²) >= 11 is 0. The molecule has 2 aliphatic heterocycles. The summed E-state index contributed by atoms with van der Waals surface area (Å²) < 4.78 is 5.84. The molecule has 3 nitrogen and oxygen atoms in total. The SMILES string of the molecule is O=C1CN=C2c3ccccc3Oc3cccc1c32. The Balaban J connectivity index is 2.08. The van der Waals surface area contributed by atoms with E-state index in [0.717, 1.165) is 28.3 Å². The Hall–Kier alpha value is -2.42. The van der Waals surface area contributed by atoms with Crippen LogP contribution in [0.1, 0.15) is 21.5 Å². The smallest absolute Gasteiger partial charge is 0.185 e. The fraction of sp³-hybridized carbons (Fsp3) is 0.0667. The second-order valence-electron chi connectivity index (χ2n) is 4.36. The fourth-order valence-corrected chi connectivity index (χ4v) is 2.50. The van der Waals surface area contributed by atoms with Gasteiger partial charge in [-0.3, -0.25) is 9.79 Å². The molecular formula is C15H9NO2. The molecule has 0 amide bonds. The van der Waals surface area contributed by atoms with Gasteiger partial charge in [-0.05, 0) is 18.2 Å². The van der Waals surface area contributed by atoms with Crippen molar-refractivity contribution >= 4 is 11.5 Å². The molecule has 0 unspecified atom stereocenters. The fourth-order valence-electron chi connectivity index (χ4n) is 2.50. The number of Topliss-reactive ketones (excluding diaryl/α,β-unsaturated/α-hetero) is 1. The molecule has 2 heterocycles. The highest BCUT2D eigenvalue weighted by atomic mass is 16.5. The molecule has 0 saturated heterocycles. The first-order chi connectivity index (χ1) is 8.84. The van der Waals surface area contributed by atoms with Crippen molar-refractivity contribution in [2.45, 2.75) is 0 Å². The summed E-state index contributed by atoms with van der Waals surface area (Å²) in [5.74, 6) is 1.58. The number of benzene rings is 2. The Bertz CT molecular complexity index is 716. The zero-order chi connectivity index (χ0) is 12.1. The number of hydrogen-bond acceptors (Lipinski definition) is 3. The lowest BCUT2D eigenvalue weighted by molar-refractivity contribution is 0.0999. The molecule has 0 saturated carbocycles. The van der Waals surface area contributed by atoms with Gasteiger partial charge in [0, 0.05) is 11.1 Å². The second kappa shape index (κ2) is 3.29. The number of ketones is 1. The van der Waals surface area contributed by atoms with Gasteiger partial charge < -0.3 is 4.74 Å². The average molecular weight is 235 g/mol. The summed E-state index contributed by atoms with van der Waals surface area (Å²) in [4.78, 5) is 16.3. The van der Waals surface area contributed by atoms with E-state index < -0.39 is 0 Å². The van der Waals surface area contributed by atoms with Crippen LogP contribution in [0.25, 0.3) is 0 Å². The lowest BCUT2D eigenvalue weighted by Gasteiger charge is -2.25. The van der Waals surface area contributed by atoms with Gasteiger partial charge in [0.25, 0.3) is 0 Å². The molecule has 0 bridgehead atoms. The summed E-state index contributed by atoms with van der Waals surface area (Å²) in [7, 11) is 0. The van der Waals surface area contributed by atoms with Crippen molar-refractivity contribution in [3.05, 3.63) is 59.2 Å². The molecule has 0 aliphatic carbocycles. The summed E-state index contributed by atoms with van der Waals surface area (Å²) in [6.07, 6.45) is 0. The van der Waals surface area contributed by atoms with Crippen LogP contribution in [0.15, 0.2) is 47.5 Å². The van der Waals surface area contributed by atoms with Crippen LogP contribution in [0.3, 0.4) is 0 Å². The quantitative estimate of drug-likeness (QED) is 0.601. The van der Waals surface area contributed by atoms with Crippen LogP contribution in [0.4, 0.5) is 0 Å². The van der Waals surface area contributed by atoms with Crippen molar-refractivity contribution in [2.24, 2.45) is 4.99 Å². The molecule has 2 aromatic carbocycles. The lowest BCUT2D eigenvalue weighted by atomic mass is 9.90. The van der Waals surface area contributed by atoms with E-state index in [1.54, 1.807) is 0 Å². The Morgan fingerprint density at radius 2 is 1.72 bits per heavy atom. The molecule has 0 aromatic heterocycles. The first kappa shape index (κ1) is 9.59. The van der Waals surface area contributed by atoms with Crippen molar-refractivity contribution < 1.29 is 9.53 Å². The van der Waals surface area contributed by atoms with Crippen molar-refractivity contribution in [3.63, 3.8) is 0 Å². The Labute approximate surface area is 104 Å². The van der Waals surface area contributed by atoms with Gasteiger partial charge in [0.1, 0.15) is 18.0 Å². The molecule has 86 valence electrons. The van der Waals surface area contributed by atoms with Gasteiger partial charge in [0.15, 0.2) is 5.78 Å². The predicted octanol–water partition coefficient (Wildman–Crippen LogP) is 2.83. The van der Waals surface area contributed by atoms with E-state index in [1.807, 2.05) is 42.5 Å². The average Bonchev–Trinajstić information content (AvgIpc) is 2.42. The first-order valence-corrected chi connectivity index (χ1v) is 5.83. The normalized spacial score (nSPS) is 15.3. The van der Waals surface area contributed by atoms with Crippen LogP contribution in [-0.4, -0.2) is 18.0 Å².